The molecule has 0 amide bonds. The van der Waals surface area contributed by atoms with Crippen molar-refractivity contribution in [2.45, 2.75) is 54.5 Å². The molecule has 0 N–H and O–H groups in total. The van der Waals surface area contributed by atoms with Gasteiger partial charge in [-0.2, -0.15) is 21.6 Å². The number of alkyl halides is 3. The van der Waals surface area contributed by atoms with E-state index in [0.29, 0.717) is 19.6 Å². The molecule has 0 unspecified atom stereocenters. The number of nitrogens with zero attached hydrogens (tertiary/aromatic N) is 1. The molecule has 0 radical (unpaired) electrons. The second-order valence-corrected chi connectivity index (χ2v) is 10.6. The fourth-order valence-corrected chi connectivity index (χ4v) is 7.16. The zero-order valence-electron chi connectivity index (χ0n) is 16.8. The van der Waals surface area contributed by atoms with E-state index in [0.717, 1.165) is 36.9 Å². The number of hydrogen-bond donors (Lipinski definition) is 0. The van der Waals surface area contributed by atoms with Gasteiger partial charge in [-0.05, 0) is 50.4 Å². The fraction of sp³-hybridized carbons (Fsp3) is 0.700. The highest BCUT2D eigenvalue weighted by Crippen LogP contribution is 2.66. The van der Waals surface area contributed by atoms with Gasteiger partial charge in [-0.25, -0.2) is 0 Å². The Balaban J connectivity index is 1.54. The Bertz CT molecular complexity index is 1050. The zero-order chi connectivity index (χ0) is 21.8. The summed E-state index contributed by atoms with van der Waals surface area (Å²) in [4.78, 5) is 2.33. The number of likely N-dealkylation sites (tertiary alicyclic amines) is 1. The van der Waals surface area contributed by atoms with Crippen LogP contribution >= 0.6 is 0 Å². The first-order valence-electron chi connectivity index (χ1n) is 10.4. The van der Waals surface area contributed by atoms with Crippen molar-refractivity contribution in [1.82, 2.24) is 4.90 Å². The molecule has 1 aromatic rings. The van der Waals surface area contributed by atoms with Gasteiger partial charge >= 0.3 is 15.6 Å². The number of halogens is 3. The van der Waals surface area contributed by atoms with Crippen LogP contribution in [0.5, 0.6) is 11.5 Å². The van der Waals surface area contributed by atoms with E-state index in [1.165, 1.54) is 6.07 Å². The Morgan fingerprint density at radius 1 is 1.19 bits per heavy atom. The molecule has 31 heavy (non-hydrogen) atoms. The predicted molar refractivity (Wildman–Crippen MR) is 100 cm³/mol. The van der Waals surface area contributed by atoms with Crippen molar-refractivity contribution in [3.05, 3.63) is 23.3 Å². The van der Waals surface area contributed by atoms with Crippen LogP contribution in [0.2, 0.25) is 0 Å². The number of benzene rings is 1. The van der Waals surface area contributed by atoms with Crippen molar-refractivity contribution in [3.63, 3.8) is 0 Å². The van der Waals surface area contributed by atoms with Crippen LogP contribution in [-0.2, 0) is 31.4 Å². The first-order valence-corrected chi connectivity index (χ1v) is 11.8. The maximum absolute atomic E-state index is 13.0. The van der Waals surface area contributed by atoms with Crippen molar-refractivity contribution in [2.24, 2.45) is 5.92 Å². The standard InChI is InChI=1S/C20H22F3NO6S/c1-24-7-6-18-12-4-5-19(27-8-9-28-19)17(18)29-16-14(30-31(25,26)20(21,22)23)3-2-11(15(16)18)10-13(12)24/h2-3,12-13,17H,4-10H2,1H3/t12-,13+,17+,18-/m1/s1. The Labute approximate surface area is 177 Å². The Kier molecular flexibility index (Phi) is 3.93. The van der Waals surface area contributed by atoms with Crippen molar-refractivity contribution >= 4 is 10.1 Å². The smallest absolute Gasteiger partial charge is 0.480 e. The summed E-state index contributed by atoms with van der Waals surface area (Å²) in [7, 11) is -3.73. The minimum atomic E-state index is -5.82. The third kappa shape index (κ3) is 2.43. The van der Waals surface area contributed by atoms with Crippen LogP contribution in [0.3, 0.4) is 0 Å². The third-order valence-electron chi connectivity index (χ3n) is 7.84. The third-order valence-corrected chi connectivity index (χ3v) is 8.80. The van der Waals surface area contributed by atoms with Gasteiger partial charge in [0.15, 0.2) is 17.6 Å². The number of rotatable bonds is 2. The van der Waals surface area contributed by atoms with E-state index in [1.807, 2.05) is 0 Å². The number of hydrogen-bond acceptors (Lipinski definition) is 7. The molecule has 1 saturated carbocycles. The summed E-state index contributed by atoms with van der Waals surface area (Å²) in [5.41, 5.74) is -4.30. The fourth-order valence-electron chi connectivity index (χ4n) is 6.70. The second kappa shape index (κ2) is 6.06. The summed E-state index contributed by atoms with van der Waals surface area (Å²) in [5, 5.41) is 0. The van der Waals surface area contributed by atoms with E-state index >= 15 is 0 Å². The minimum absolute atomic E-state index is 0.0868. The quantitative estimate of drug-likeness (QED) is 0.494. The van der Waals surface area contributed by atoms with Crippen molar-refractivity contribution in [1.29, 1.82) is 0 Å². The van der Waals surface area contributed by atoms with E-state index < -0.39 is 38.7 Å². The molecule has 7 nitrogen and oxygen atoms in total. The number of ether oxygens (including phenoxy) is 3. The van der Waals surface area contributed by atoms with Gasteiger partial charge in [0.1, 0.15) is 0 Å². The lowest BCUT2D eigenvalue weighted by molar-refractivity contribution is -0.260. The highest BCUT2D eigenvalue weighted by molar-refractivity contribution is 7.88. The molecule has 2 bridgehead atoms. The van der Waals surface area contributed by atoms with Crippen LogP contribution in [0, 0.1) is 5.92 Å². The molecule has 4 atom stereocenters. The summed E-state index contributed by atoms with van der Waals surface area (Å²) in [5.74, 6) is -1.11. The van der Waals surface area contributed by atoms with Crippen molar-refractivity contribution in [3.8, 4) is 11.5 Å². The van der Waals surface area contributed by atoms with Gasteiger partial charge in [-0.1, -0.05) is 6.07 Å². The van der Waals surface area contributed by atoms with Crippen LogP contribution in [0.4, 0.5) is 13.2 Å². The predicted octanol–water partition coefficient (Wildman–Crippen LogP) is 2.33. The molecule has 6 rings (SSSR count). The van der Waals surface area contributed by atoms with Gasteiger partial charge in [0.05, 0.1) is 13.2 Å². The van der Waals surface area contributed by atoms with Crippen molar-refractivity contribution < 1.29 is 40.0 Å². The Hall–Kier alpha value is -1.56. The highest BCUT2D eigenvalue weighted by atomic mass is 32.2. The second-order valence-electron chi connectivity index (χ2n) is 9.10. The molecule has 0 aromatic heterocycles. The summed E-state index contributed by atoms with van der Waals surface area (Å²) >= 11 is 0. The number of likely N-dealkylation sites (N-methyl/N-ethyl adjacent to an activating group) is 1. The van der Waals surface area contributed by atoms with Crippen LogP contribution in [-0.4, -0.2) is 63.6 Å². The molecule has 1 aromatic carbocycles. The van der Waals surface area contributed by atoms with Gasteiger partial charge < -0.3 is 23.3 Å². The van der Waals surface area contributed by atoms with Gasteiger partial charge in [0.25, 0.3) is 0 Å². The lowest BCUT2D eigenvalue weighted by Crippen LogP contribution is -2.69. The van der Waals surface area contributed by atoms with E-state index in [-0.39, 0.29) is 17.7 Å². The topological polar surface area (TPSA) is 74.3 Å². The molecule has 11 heteroatoms. The van der Waals surface area contributed by atoms with E-state index in [4.69, 9.17) is 14.2 Å². The molecule has 5 aliphatic rings. The molecule has 3 aliphatic heterocycles. The maximum atomic E-state index is 13.0. The van der Waals surface area contributed by atoms with Crippen LogP contribution < -0.4 is 8.92 Å². The normalized spacial score (nSPS) is 35.7. The number of fused-ring (bicyclic) bond motifs is 1. The summed E-state index contributed by atoms with van der Waals surface area (Å²) in [6.45, 7) is 1.62. The van der Waals surface area contributed by atoms with Crippen LogP contribution in [0.1, 0.15) is 30.4 Å². The number of piperidine rings is 1. The summed E-state index contributed by atoms with van der Waals surface area (Å²) in [6, 6.07) is 3.21. The lowest BCUT2D eigenvalue weighted by atomic mass is 9.50. The molecular formula is C20H22F3NO6S. The molecule has 3 heterocycles. The first kappa shape index (κ1) is 20.1. The summed E-state index contributed by atoms with van der Waals surface area (Å²) < 4.78 is 85.5. The molecule has 2 spiro atoms. The largest absolute Gasteiger partial charge is 0.534 e. The average Bonchev–Trinajstić information content (AvgIpc) is 3.30. The van der Waals surface area contributed by atoms with Gasteiger partial charge in [-0.15, -0.1) is 0 Å². The minimum Gasteiger partial charge on any atom is -0.480 e. The van der Waals surface area contributed by atoms with Crippen LogP contribution in [0.25, 0.3) is 0 Å². The monoisotopic (exact) mass is 461 g/mol. The van der Waals surface area contributed by atoms with Gasteiger partial charge in [-0.3, -0.25) is 0 Å². The van der Waals surface area contributed by atoms with Gasteiger partial charge in [0, 0.05) is 23.4 Å². The average molecular weight is 461 g/mol. The van der Waals surface area contributed by atoms with Gasteiger partial charge in [0.2, 0.25) is 5.79 Å². The Morgan fingerprint density at radius 3 is 2.65 bits per heavy atom. The molecule has 3 fully saturated rings. The van der Waals surface area contributed by atoms with Crippen LogP contribution in [0.15, 0.2) is 12.1 Å². The summed E-state index contributed by atoms with van der Waals surface area (Å²) in [6.07, 6.45) is 2.33. The van der Waals surface area contributed by atoms with E-state index in [1.54, 1.807) is 6.07 Å². The van der Waals surface area contributed by atoms with E-state index in [9.17, 15) is 21.6 Å². The van der Waals surface area contributed by atoms with E-state index in [2.05, 4.69) is 16.1 Å². The molecule has 170 valence electrons. The molecular weight excluding hydrogens is 439 g/mol. The first-order chi connectivity index (χ1) is 14.6. The Morgan fingerprint density at radius 2 is 1.94 bits per heavy atom. The molecule has 2 aliphatic carbocycles. The molecule has 2 saturated heterocycles. The highest BCUT2D eigenvalue weighted by Gasteiger charge is 2.71. The SMILES string of the molecule is CN1CC[C@@]23c4c5ccc(OS(=O)(=O)C(F)(F)F)c4O[C@@H]2C2(CC[C@@H]3[C@@H]1C5)OCCO2. The maximum Gasteiger partial charge on any atom is 0.534 e. The lowest BCUT2D eigenvalue weighted by Gasteiger charge is -2.60. The van der Waals surface area contributed by atoms with Crippen molar-refractivity contribution in [2.75, 3.05) is 26.8 Å². The zero-order valence-corrected chi connectivity index (χ0v) is 17.6.